The Labute approximate surface area is 145 Å². The van der Waals surface area contributed by atoms with Gasteiger partial charge in [0.05, 0.1) is 13.0 Å². The van der Waals surface area contributed by atoms with E-state index in [0.717, 1.165) is 19.4 Å². The zero-order valence-electron chi connectivity index (χ0n) is 14.2. The summed E-state index contributed by atoms with van der Waals surface area (Å²) in [6.45, 7) is 3.79. The van der Waals surface area contributed by atoms with Gasteiger partial charge < -0.3 is 15.0 Å². The van der Waals surface area contributed by atoms with E-state index in [1.54, 1.807) is 25.3 Å². The van der Waals surface area contributed by atoms with Crippen LogP contribution in [0.25, 0.3) is 11.5 Å². The minimum absolute atomic E-state index is 0.0181. The Balaban J connectivity index is 1.66. The summed E-state index contributed by atoms with van der Waals surface area (Å²) in [5.41, 5.74) is 1.22. The predicted molar refractivity (Wildman–Crippen MR) is 93.1 cm³/mol. The molecule has 1 fully saturated rings. The van der Waals surface area contributed by atoms with Crippen LogP contribution in [0.2, 0.25) is 0 Å². The predicted octanol–water partition coefficient (Wildman–Crippen LogP) is 1.23. The molecule has 2 aromatic rings. The SMILES string of the molecule is Cc1nc(-c2ccccn2)[nH]c(=O)c1CC(=O)NCC1CCCOC1. The van der Waals surface area contributed by atoms with E-state index < -0.39 is 0 Å². The molecule has 1 amide bonds. The highest BCUT2D eigenvalue weighted by Gasteiger charge is 2.17. The first kappa shape index (κ1) is 17.3. The molecule has 132 valence electrons. The number of amides is 1. The van der Waals surface area contributed by atoms with Gasteiger partial charge in [-0.25, -0.2) is 4.98 Å². The van der Waals surface area contributed by atoms with Crippen LogP contribution in [0.3, 0.4) is 0 Å². The van der Waals surface area contributed by atoms with Crippen molar-refractivity contribution < 1.29 is 9.53 Å². The molecule has 3 heterocycles. The van der Waals surface area contributed by atoms with Gasteiger partial charge in [0.15, 0.2) is 5.82 Å². The number of nitrogens with zero attached hydrogens (tertiary/aromatic N) is 2. The highest BCUT2D eigenvalue weighted by atomic mass is 16.5. The molecule has 1 aliphatic rings. The van der Waals surface area contributed by atoms with Crippen LogP contribution >= 0.6 is 0 Å². The van der Waals surface area contributed by atoms with Crippen molar-refractivity contribution in [3.8, 4) is 11.5 Å². The Hall–Kier alpha value is -2.54. The molecule has 1 aliphatic heterocycles. The lowest BCUT2D eigenvalue weighted by Gasteiger charge is -2.22. The Kier molecular flexibility index (Phi) is 5.55. The van der Waals surface area contributed by atoms with E-state index in [1.807, 2.05) is 6.07 Å². The Morgan fingerprint density at radius 1 is 1.44 bits per heavy atom. The molecule has 1 atom stereocenters. The van der Waals surface area contributed by atoms with Crippen molar-refractivity contribution in [2.45, 2.75) is 26.2 Å². The van der Waals surface area contributed by atoms with Crippen molar-refractivity contribution in [2.24, 2.45) is 5.92 Å². The van der Waals surface area contributed by atoms with E-state index in [1.165, 1.54) is 0 Å². The number of ether oxygens (including phenoxy) is 1. The molecule has 7 heteroatoms. The quantitative estimate of drug-likeness (QED) is 0.852. The highest BCUT2D eigenvalue weighted by Crippen LogP contribution is 2.13. The molecular weight excluding hydrogens is 320 g/mol. The van der Waals surface area contributed by atoms with Crippen molar-refractivity contribution >= 4 is 5.91 Å². The van der Waals surface area contributed by atoms with Gasteiger partial charge in [-0.15, -0.1) is 0 Å². The van der Waals surface area contributed by atoms with Crippen LogP contribution in [0.15, 0.2) is 29.2 Å². The topological polar surface area (TPSA) is 97.0 Å². The van der Waals surface area contributed by atoms with Crippen LogP contribution in [0.5, 0.6) is 0 Å². The molecule has 3 rings (SSSR count). The summed E-state index contributed by atoms with van der Waals surface area (Å²) < 4.78 is 5.40. The number of aromatic amines is 1. The van der Waals surface area contributed by atoms with Gasteiger partial charge in [-0.1, -0.05) is 6.07 Å². The van der Waals surface area contributed by atoms with E-state index in [9.17, 15) is 9.59 Å². The second-order valence-electron chi connectivity index (χ2n) is 6.26. The van der Waals surface area contributed by atoms with E-state index in [4.69, 9.17) is 4.74 Å². The summed E-state index contributed by atoms with van der Waals surface area (Å²) in [4.78, 5) is 35.8. The van der Waals surface area contributed by atoms with Gasteiger partial charge in [-0.05, 0) is 37.8 Å². The van der Waals surface area contributed by atoms with Crippen molar-refractivity contribution in [2.75, 3.05) is 19.8 Å². The van der Waals surface area contributed by atoms with Crippen LogP contribution in [0, 0.1) is 12.8 Å². The van der Waals surface area contributed by atoms with Gasteiger partial charge in [0.2, 0.25) is 5.91 Å². The average molecular weight is 342 g/mol. The molecule has 1 saturated heterocycles. The molecule has 0 radical (unpaired) electrons. The monoisotopic (exact) mass is 342 g/mol. The molecule has 25 heavy (non-hydrogen) atoms. The number of rotatable bonds is 5. The van der Waals surface area contributed by atoms with E-state index in [0.29, 0.717) is 41.8 Å². The minimum Gasteiger partial charge on any atom is -0.381 e. The Morgan fingerprint density at radius 3 is 3.00 bits per heavy atom. The normalized spacial score (nSPS) is 17.2. The van der Waals surface area contributed by atoms with Crippen LogP contribution in [-0.4, -0.2) is 40.6 Å². The maximum absolute atomic E-state index is 12.4. The van der Waals surface area contributed by atoms with Crippen molar-refractivity contribution in [3.63, 3.8) is 0 Å². The van der Waals surface area contributed by atoms with Gasteiger partial charge in [0, 0.05) is 30.6 Å². The Morgan fingerprint density at radius 2 is 2.32 bits per heavy atom. The summed E-state index contributed by atoms with van der Waals surface area (Å²) in [5, 5.41) is 2.89. The summed E-state index contributed by atoms with van der Waals surface area (Å²) in [7, 11) is 0. The highest BCUT2D eigenvalue weighted by molar-refractivity contribution is 5.78. The standard InChI is InChI=1S/C18H22N4O3/c1-12-14(9-16(23)20-10-13-5-4-8-25-11-13)18(24)22-17(21-12)15-6-2-3-7-19-15/h2-3,6-7,13H,4-5,8-11H2,1H3,(H,20,23)(H,21,22,24). The fourth-order valence-corrected chi connectivity index (χ4v) is 2.89. The number of nitrogens with one attached hydrogen (secondary N) is 2. The molecule has 1 unspecified atom stereocenters. The molecule has 2 N–H and O–H groups in total. The Bertz CT molecular complexity index is 783. The third kappa shape index (κ3) is 4.51. The lowest BCUT2D eigenvalue weighted by atomic mass is 10.0. The second-order valence-corrected chi connectivity index (χ2v) is 6.26. The zero-order valence-corrected chi connectivity index (χ0v) is 14.2. The number of aryl methyl sites for hydroxylation is 1. The van der Waals surface area contributed by atoms with Crippen LogP contribution in [0.4, 0.5) is 0 Å². The largest absolute Gasteiger partial charge is 0.381 e. The molecule has 2 aromatic heterocycles. The lowest BCUT2D eigenvalue weighted by Crippen LogP contribution is -2.35. The first-order valence-corrected chi connectivity index (χ1v) is 8.49. The second kappa shape index (κ2) is 8.02. The lowest BCUT2D eigenvalue weighted by molar-refractivity contribution is -0.120. The van der Waals surface area contributed by atoms with Gasteiger partial charge >= 0.3 is 0 Å². The van der Waals surface area contributed by atoms with Gasteiger partial charge in [-0.2, -0.15) is 0 Å². The third-order valence-corrected chi connectivity index (χ3v) is 4.31. The maximum atomic E-state index is 12.4. The number of pyridine rings is 1. The van der Waals surface area contributed by atoms with E-state index >= 15 is 0 Å². The van der Waals surface area contributed by atoms with Crippen molar-refractivity contribution in [1.29, 1.82) is 0 Å². The summed E-state index contributed by atoms with van der Waals surface area (Å²) in [6.07, 6.45) is 3.74. The fraction of sp³-hybridized carbons (Fsp3) is 0.444. The fourth-order valence-electron chi connectivity index (χ4n) is 2.89. The molecular formula is C18H22N4O3. The number of hydrogen-bond donors (Lipinski definition) is 2. The molecule has 0 aliphatic carbocycles. The van der Waals surface area contributed by atoms with Gasteiger partial charge in [0.25, 0.3) is 5.56 Å². The summed E-state index contributed by atoms with van der Waals surface area (Å²) in [6, 6.07) is 5.40. The number of H-pyrrole nitrogens is 1. The van der Waals surface area contributed by atoms with Crippen LogP contribution in [-0.2, 0) is 16.0 Å². The van der Waals surface area contributed by atoms with E-state index in [2.05, 4.69) is 20.3 Å². The zero-order chi connectivity index (χ0) is 17.6. The number of hydrogen-bond acceptors (Lipinski definition) is 5. The summed E-state index contributed by atoms with van der Waals surface area (Å²) >= 11 is 0. The maximum Gasteiger partial charge on any atom is 0.255 e. The van der Waals surface area contributed by atoms with Gasteiger partial charge in [-0.3, -0.25) is 14.6 Å². The molecule has 0 spiro atoms. The number of carbonyl (C=O) groups is 1. The number of carbonyl (C=O) groups excluding carboxylic acids is 1. The molecule has 0 saturated carbocycles. The first-order chi connectivity index (χ1) is 12.1. The number of aromatic nitrogens is 3. The molecule has 7 nitrogen and oxygen atoms in total. The van der Waals surface area contributed by atoms with Crippen molar-refractivity contribution in [1.82, 2.24) is 20.3 Å². The third-order valence-electron chi connectivity index (χ3n) is 4.31. The average Bonchev–Trinajstić information content (AvgIpc) is 2.64. The van der Waals surface area contributed by atoms with E-state index in [-0.39, 0.29) is 17.9 Å². The minimum atomic E-state index is -0.302. The van der Waals surface area contributed by atoms with Crippen LogP contribution in [0.1, 0.15) is 24.1 Å². The van der Waals surface area contributed by atoms with Crippen LogP contribution < -0.4 is 10.9 Å². The van der Waals surface area contributed by atoms with Gasteiger partial charge in [0.1, 0.15) is 5.69 Å². The molecule has 0 bridgehead atoms. The smallest absolute Gasteiger partial charge is 0.255 e. The van der Waals surface area contributed by atoms with Crippen molar-refractivity contribution in [3.05, 3.63) is 46.0 Å². The first-order valence-electron chi connectivity index (χ1n) is 8.49. The summed E-state index contributed by atoms with van der Waals surface area (Å²) in [5.74, 6) is 0.583. The molecule has 0 aromatic carbocycles.